The van der Waals surface area contributed by atoms with Crippen molar-refractivity contribution in [3.63, 3.8) is 0 Å². The molecule has 2 aliphatic rings. The fourth-order valence-electron chi connectivity index (χ4n) is 2.55. The van der Waals surface area contributed by atoms with Crippen molar-refractivity contribution in [1.82, 2.24) is 20.4 Å². The molecule has 0 spiro atoms. The van der Waals surface area contributed by atoms with Crippen LogP contribution in [0.5, 0.6) is 0 Å². The van der Waals surface area contributed by atoms with Gasteiger partial charge < -0.3 is 9.84 Å². The van der Waals surface area contributed by atoms with Crippen molar-refractivity contribution in [2.24, 2.45) is 0 Å². The average molecular weight is 268 g/mol. The molecular weight excluding hydrogens is 248 g/mol. The standard InChI is InChI=1S/C12H20N4OS/c1-9(16-6-4-13-5-7-16)12-14-11(15-17-12)10-3-2-8-18-10/h9-10,13H,2-8H2,1H3. The van der Waals surface area contributed by atoms with Crippen LogP contribution in [0.3, 0.4) is 0 Å². The van der Waals surface area contributed by atoms with Gasteiger partial charge in [-0.15, -0.1) is 0 Å². The number of hydrogen-bond acceptors (Lipinski definition) is 6. The summed E-state index contributed by atoms with van der Waals surface area (Å²) in [7, 11) is 0. The molecule has 0 saturated carbocycles. The summed E-state index contributed by atoms with van der Waals surface area (Å²) >= 11 is 1.95. The Morgan fingerprint density at radius 3 is 3.00 bits per heavy atom. The maximum absolute atomic E-state index is 5.46. The lowest BCUT2D eigenvalue weighted by atomic mass is 10.2. The lowest BCUT2D eigenvalue weighted by molar-refractivity contribution is 0.154. The van der Waals surface area contributed by atoms with Crippen LogP contribution in [-0.2, 0) is 0 Å². The van der Waals surface area contributed by atoms with E-state index >= 15 is 0 Å². The first-order valence-electron chi connectivity index (χ1n) is 6.74. The molecule has 18 heavy (non-hydrogen) atoms. The van der Waals surface area contributed by atoms with Crippen LogP contribution in [0.15, 0.2) is 4.52 Å². The fraction of sp³-hybridized carbons (Fsp3) is 0.833. The first-order valence-corrected chi connectivity index (χ1v) is 7.79. The van der Waals surface area contributed by atoms with Gasteiger partial charge in [-0.25, -0.2) is 0 Å². The van der Waals surface area contributed by atoms with Crippen LogP contribution >= 0.6 is 11.8 Å². The molecule has 1 aromatic heterocycles. The molecule has 2 saturated heterocycles. The van der Waals surface area contributed by atoms with E-state index in [2.05, 4.69) is 27.3 Å². The summed E-state index contributed by atoms with van der Waals surface area (Å²) < 4.78 is 5.46. The molecule has 0 radical (unpaired) electrons. The third-order valence-corrected chi connectivity index (χ3v) is 5.11. The fourth-order valence-corrected chi connectivity index (χ4v) is 3.75. The minimum atomic E-state index is 0.236. The van der Waals surface area contributed by atoms with E-state index in [4.69, 9.17) is 4.52 Å². The molecule has 2 aliphatic heterocycles. The maximum Gasteiger partial charge on any atom is 0.243 e. The number of thioether (sulfide) groups is 1. The summed E-state index contributed by atoms with van der Waals surface area (Å²) in [4.78, 5) is 7.01. The van der Waals surface area contributed by atoms with Gasteiger partial charge in [0.05, 0.1) is 11.3 Å². The van der Waals surface area contributed by atoms with E-state index in [0.717, 1.165) is 37.9 Å². The van der Waals surface area contributed by atoms with Crippen LogP contribution in [0, 0.1) is 0 Å². The van der Waals surface area contributed by atoms with Gasteiger partial charge in [-0.3, -0.25) is 4.90 Å². The predicted molar refractivity (Wildman–Crippen MR) is 71.6 cm³/mol. The van der Waals surface area contributed by atoms with Gasteiger partial charge in [0.1, 0.15) is 0 Å². The van der Waals surface area contributed by atoms with Gasteiger partial charge in [-0.2, -0.15) is 16.7 Å². The molecule has 100 valence electrons. The molecule has 2 fully saturated rings. The van der Waals surface area contributed by atoms with Crippen LogP contribution in [0.1, 0.15) is 42.8 Å². The lowest BCUT2D eigenvalue weighted by Crippen LogP contribution is -2.44. The maximum atomic E-state index is 5.46. The highest BCUT2D eigenvalue weighted by Gasteiger charge is 2.27. The Bertz CT molecular complexity index is 385. The van der Waals surface area contributed by atoms with Crippen molar-refractivity contribution >= 4 is 11.8 Å². The van der Waals surface area contributed by atoms with Gasteiger partial charge in [0.2, 0.25) is 5.89 Å². The summed E-state index contributed by atoms with van der Waals surface area (Å²) in [6.07, 6.45) is 2.46. The number of piperazine rings is 1. The molecule has 0 aliphatic carbocycles. The van der Waals surface area contributed by atoms with Crippen LogP contribution < -0.4 is 5.32 Å². The number of nitrogens with zero attached hydrogens (tertiary/aromatic N) is 3. The molecule has 0 aromatic carbocycles. The van der Waals surface area contributed by atoms with Gasteiger partial charge >= 0.3 is 0 Å². The van der Waals surface area contributed by atoms with Crippen LogP contribution in [-0.4, -0.2) is 47.0 Å². The Morgan fingerprint density at radius 2 is 2.28 bits per heavy atom. The molecule has 1 N–H and O–H groups in total. The van der Waals surface area contributed by atoms with E-state index in [1.54, 1.807) is 0 Å². The number of hydrogen-bond donors (Lipinski definition) is 1. The van der Waals surface area contributed by atoms with Gasteiger partial charge in [0, 0.05) is 26.2 Å². The first kappa shape index (κ1) is 12.4. The van der Waals surface area contributed by atoms with Crippen LogP contribution in [0.2, 0.25) is 0 Å². The highest BCUT2D eigenvalue weighted by Crippen LogP contribution is 2.38. The summed E-state index contributed by atoms with van der Waals surface area (Å²) in [5, 5.41) is 7.98. The summed E-state index contributed by atoms with van der Waals surface area (Å²) in [6, 6.07) is 0.236. The highest BCUT2D eigenvalue weighted by atomic mass is 32.2. The van der Waals surface area contributed by atoms with Crippen molar-refractivity contribution < 1.29 is 4.52 Å². The molecule has 2 unspecified atom stereocenters. The second-order valence-electron chi connectivity index (χ2n) is 4.95. The summed E-state index contributed by atoms with van der Waals surface area (Å²) in [5.74, 6) is 2.90. The molecule has 1 aromatic rings. The van der Waals surface area contributed by atoms with Crippen molar-refractivity contribution in [3.8, 4) is 0 Å². The molecule has 0 amide bonds. The highest BCUT2D eigenvalue weighted by molar-refractivity contribution is 7.99. The van der Waals surface area contributed by atoms with E-state index in [1.807, 2.05) is 11.8 Å². The third kappa shape index (κ3) is 2.55. The topological polar surface area (TPSA) is 54.2 Å². The molecule has 2 atom stereocenters. The number of rotatable bonds is 3. The van der Waals surface area contributed by atoms with Crippen molar-refractivity contribution in [1.29, 1.82) is 0 Å². The van der Waals surface area contributed by atoms with Crippen LogP contribution in [0.25, 0.3) is 0 Å². The summed E-state index contributed by atoms with van der Waals surface area (Å²) in [5.41, 5.74) is 0. The SMILES string of the molecule is CC(c1nc(C2CCCS2)no1)N1CCNCC1. The van der Waals surface area contributed by atoms with Crippen molar-refractivity contribution in [3.05, 3.63) is 11.7 Å². The minimum Gasteiger partial charge on any atom is -0.338 e. The molecule has 6 heteroatoms. The second kappa shape index (κ2) is 5.59. The zero-order valence-corrected chi connectivity index (χ0v) is 11.6. The normalized spacial score (nSPS) is 27.5. The molecule has 5 nitrogen and oxygen atoms in total. The Labute approximate surface area is 112 Å². The molecule has 3 rings (SSSR count). The smallest absolute Gasteiger partial charge is 0.243 e. The Morgan fingerprint density at radius 1 is 1.44 bits per heavy atom. The molecule has 3 heterocycles. The van der Waals surface area contributed by atoms with Gasteiger partial charge in [0.15, 0.2) is 5.82 Å². The van der Waals surface area contributed by atoms with Crippen molar-refractivity contribution in [2.45, 2.75) is 31.1 Å². The Balaban J connectivity index is 1.67. The van der Waals surface area contributed by atoms with Gasteiger partial charge in [-0.1, -0.05) is 5.16 Å². The monoisotopic (exact) mass is 268 g/mol. The lowest BCUT2D eigenvalue weighted by Gasteiger charge is -2.30. The van der Waals surface area contributed by atoms with E-state index in [9.17, 15) is 0 Å². The van der Waals surface area contributed by atoms with E-state index in [-0.39, 0.29) is 6.04 Å². The molecular formula is C12H20N4OS. The van der Waals surface area contributed by atoms with Crippen molar-refractivity contribution in [2.75, 3.05) is 31.9 Å². The largest absolute Gasteiger partial charge is 0.338 e. The predicted octanol–water partition coefficient (Wildman–Crippen LogP) is 1.60. The second-order valence-corrected chi connectivity index (χ2v) is 6.27. The molecule has 0 bridgehead atoms. The zero-order chi connectivity index (χ0) is 12.4. The Hall–Kier alpha value is -0.590. The Kier molecular flexibility index (Phi) is 3.86. The average Bonchev–Trinajstić information content (AvgIpc) is 3.09. The van der Waals surface area contributed by atoms with E-state index in [1.165, 1.54) is 18.6 Å². The first-order chi connectivity index (χ1) is 8.84. The summed E-state index contributed by atoms with van der Waals surface area (Å²) in [6.45, 7) is 6.35. The van der Waals surface area contributed by atoms with E-state index < -0.39 is 0 Å². The van der Waals surface area contributed by atoms with Gasteiger partial charge in [0.25, 0.3) is 0 Å². The minimum absolute atomic E-state index is 0.236. The third-order valence-electron chi connectivity index (χ3n) is 3.73. The zero-order valence-electron chi connectivity index (χ0n) is 10.8. The number of nitrogens with one attached hydrogen (secondary N) is 1. The number of aromatic nitrogens is 2. The van der Waals surface area contributed by atoms with Crippen LogP contribution in [0.4, 0.5) is 0 Å². The van der Waals surface area contributed by atoms with E-state index in [0.29, 0.717) is 5.25 Å². The van der Waals surface area contributed by atoms with Gasteiger partial charge in [-0.05, 0) is 25.5 Å². The quantitative estimate of drug-likeness (QED) is 0.899.